The first-order valence-electron chi connectivity index (χ1n) is 13.3. The number of allylic oxidation sites excluding steroid dienone is 8. The first kappa shape index (κ1) is 21.9. The van der Waals surface area contributed by atoms with Gasteiger partial charge in [-0.15, -0.1) is 0 Å². The van der Waals surface area contributed by atoms with Gasteiger partial charge in [0, 0.05) is 28.0 Å². The summed E-state index contributed by atoms with van der Waals surface area (Å²) in [5, 5.41) is 2.61. The molecule has 178 valence electrons. The van der Waals surface area contributed by atoms with Crippen LogP contribution in [0.4, 0.5) is 0 Å². The summed E-state index contributed by atoms with van der Waals surface area (Å²) in [6, 6.07) is 37.6. The molecule has 1 heterocycles. The van der Waals surface area contributed by atoms with Gasteiger partial charge in [-0.3, -0.25) is 0 Å². The van der Waals surface area contributed by atoms with Crippen LogP contribution in [0.25, 0.3) is 38.6 Å². The highest BCUT2D eigenvalue weighted by Gasteiger charge is 2.27. The first-order chi connectivity index (χ1) is 18.4. The van der Waals surface area contributed by atoms with Crippen LogP contribution in [-0.2, 0) is 0 Å². The molecule has 0 bridgehead atoms. The Bertz CT molecular complexity index is 1730. The van der Waals surface area contributed by atoms with E-state index >= 15 is 0 Å². The molecule has 0 fully saturated rings. The molecule has 5 aromatic rings. The Hall–Kier alpha value is -4.36. The van der Waals surface area contributed by atoms with Crippen molar-refractivity contribution in [3.63, 3.8) is 0 Å². The molecule has 4 aromatic carbocycles. The fourth-order valence-corrected chi connectivity index (χ4v) is 6.06. The smallest absolute Gasteiger partial charge is 0.0538 e. The highest BCUT2D eigenvalue weighted by Crippen LogP contribution is 2.45. The molecule has 0 radical (unpaired) electrons. The molecule has 1 unspecified atom stereocenters. The van der Waals surface area contributed by atoms with Crippen molar-refractivity contribution in [2.75, 3.05) is 0 Å². The Labute approximate surface area is 218 Å². The summed E-state index contributed by atoms with van der Waals surface area (Å²) in [6.45, 7) is 0. The Morgan fingerprint density at radius 3 is 2.16 bits per heavy atom. The van der Waals surface area contributed by atoms with Crippen LogP contribution in [-0.4, -0.2) is 4.57 Å². The second-order valence-corrected chi connectivity index (χ2v) is 9.99. The first-order valence-corrected chi connectivity index (χ1v) is 13.3. The summed E-state index contributed by atoms with van der Waals surface area (Å²) in [4.78, 5) is 0. The van der Waals surface area contributed by atoms with Crippen LogP contribution in [0.1, 0.15) is 30.7 Å². The summed E-state index contributed by atoms with van der Waals surface area (Å²) in [6.07, 6.45) is 15.0. The normalized spacial score (nSPS) is 17.5. The molecule has 0 aliphatic heterocycles. The maximum Gasteiger partial charge on any atom is 0.0538 e. The predicted molar refractivity (Wildman–Crippen MR) is 157 cm³/mol. The van der Waals surface area contributed by atoms with Crippen molar-refractivity contribution in [2.24, 2.45) is 0 Å². The standard InChI is InChI=1S/C36H29N/c1-4-13-26(14-5-1)29-23-24-35-33(25-29)32-19-10-11-22-34(32)37(35)36-30(27-15-6-2-7-16-27)20-12-21-31(36)28-17-8-3-9-18-28/h1-2,4-8,10-19,21-25,30H,3,9,20H2. The fraction of sp³-hybridized carbons (Fsp3) is 0.111. The molecule has 2 aliphatic rings. The van der Waals surface area contributed by atoms with Crippen LogP contribution in [0.15, 0.2) is 145 Å². The number of para-hydroxylation sites is 1. The number of benzene rings is 4. The second-order valence-electron chi connectivity index (χ2n) is 9.99. The van der Waals surface area contributed by atoms with Crippen LogP contribution >= 0.6 is 0 Å². The topological polar surface area (TPSA) is 4.93 Å². The number of hydrogen-bond acceptors (Lipinski definition) is 0. The zero-order valence-electron chi connectivity index (χ0n) is 20.8. The highest BCUT2D eigenvalue weighted by molar-refractivity contribution is 6.11. The summed E-state index contributed by atoms with van der Waals surface area (Å²) < 4.78 is 2.55. The van der Waals surface area contributed by atoms with E-state index in [1.165, 1.54) is 55.3 Å². The average Bonchev–Trinajstić information content (AvgIpc) is 3.31. The summed E-state index contributed by atoms with van der Waals surface area (Å²) in [5.41, 5.74) is 10.5. The zero-order chi connectivity index (χ0) is 24.6. The van der Waals surface area contributed by atoms with E-state index in [0.717, 1.165) is 19.3 Å². The monoisotopic (exact) mass is 475 g/mol. The van der Waals surface area contributed by atoms with Gasteiger partial charge in [0.15, 0.2) is 0 Å². The Balaban J connectivity index is 1.55. The van der Waals surface area contributed by atoms with E-state index in [-0.39, 0.29) is 5.92 Å². The van der Waals surface area contributed by atoms with E-state index in [1.807, 2.05) is 0 Å². The third kappa shape index (κ3) is 3.79. The lowest BCUT2D eigenvalue weighted by Crippen LogP contribution is -2.14. The van der Waals surface area contributed by atoms with Crippen molar-refractivity contribution in [3.05, 3.63) is 150 Å². The Morgan fingerprint density at radius 2 is 1.35 bits per heavy atom. The second kappa shape index (κ2) is 9.26. The number of fused-ring (bicyclic) bond motifs is 3. The lowest BCUT2D eigenvalue weighted by molar-refractivity contribution is 0.822. The van der Waals surface area contributed by atoms with Crippen molar-refractivity contribution in [2.45, 2.75) is 25.2 Å². The third-order valence-electron chi connectivity index (χ3n) is 7.79. The van der Waals surface area contributed by atoms with Gasteiger partial charge in [-0.2, -0.15) is 0 Å². The maximum atomic E-state index is 2.55. The molecule has 1 nitrogen and oxygen atoms in total. The van der Waals surface area contributed by atoms with E-state index in [2.05, 4.69) is 138 Å². The molecule has 7 rings (SSSR count). The van der Waals surface area contributed by atoms with Crippen molar-refractivity contribution in [1.82, 2.24) is 4.57 Å². The highest BCUT2D eigenvalue weighted by atomic mass is 15.0. The van der Waals surface area contributed by atoms with Gasteiger partial charge in [-0.05, 0) is 59.7 Å². The summed E-state index contributed by atoms with van der Waals surface area (Å²) in [7, 11) is 0. The van der Waals surface area contributed by atoms with E-state index in [1.54, 1.807) is 0 Å². The van der Waals surface area contributed by atoms with Crippen molar-refractivity contribution >= 4 is 27.5 Å². The summed E-state index contributed by atoms with van der Waals surface area (Å²) in [5.74, 6) is 0.283. The van der Waals surface area contributed by atoms with Gasteiger partial charge in [-0.1, -0.05) is 115 Å². The minimum absolute atomic E-state index is 0.283. The predicted octanol–water partition coefficient (Wildman–Crippen LogP) is 9.69. The maximum absolute atomic E-state index is 2.55. The molecule has 0 saturated heterocycles. The molecular weight excluding hydrogens is 446 g/mol. The minimum Gasteiger partial charge on any atom is -0.312 e. The van der Waals surface area contributed by atoms with E-state index in [9.17, 15) is 0 Å². The van der Waals surface area contributed by atoms with Crippen LogP contribution in [0.3, 0.4) is 0 Å². The molecule has 1 atom stereocenters. The molecule has 0 saturated carbocycles. The lowest BCUT2D eigenvalue weighted by atomic mass is 9.82. The number of rotatable bonds is 4. The molecular formula is C36H29N. The molecule has 37 heavy (non-hydrogen) atoms. The molecule has 0 N–H and O–H groups in total. The zero-order valence-corrected chi connectivity index (χ0v) is 20.8. The third-order valence-corrected chi connectivity index (χ3v) is 7.79. The fourth-order valence-electron chi connectivity index (χ4n) is 6.06. The lowest BCUT2D eigenvalue weighted by Gasteiger charge is -2.29. The van der Waals surface area contributed by atoms with Gasteiger partial charge in [0.2, 0.25) is 0 Å². The molecule has 0 spiro atoms. The van der Waals surface area contributed by atoms with Gasteiger partial charge in [0.25, 0.3) is 0 Å². The quantitative estimate of drug-likeness (QED) is 0.244. The molecule has 2 aliphatic carbocycles. The van der Waals surface area contributed by atoms with Crippen LogP contribution in [0.5, 0.6) is 0 Å². The molecule has 1 heteroatoms. The Kier molecular flexibility index (Phi) is 5.48. The molecule has 1 aromatic heterocycles. The van der Waals surface area contributed by atoms with Crippen LogP contribution < -0.4 is 0 Å². The van der Waals surface area contributed by atoms with Gasteiger partial charge in [-0.25, -0.2) is 0 Å². The minimum atomic E-state index is 0.283. The van der Waals surface area contributed by atoms with Gasteiger partial charge in [0.1, 0.15) is 0 Å². The number of aromatic nitrogens is 1. The average molecular weight is 476 g/mol. The van der Waals surface area contributed by atoms with Crippen molar-refractivity contribution in [1.29, 1.82) is 0 Å². The van der Waals surface area contributed by atoms with Crippen molar-refractivity contribution in [3.8, 4) is 11.1 Å². The molecule has 0 amide bonds. The number of nitrogens with zero attached hydrogens (tertiary/aromatic N) is 1. The van der Waals surface area contributed by atoms with Crippen LogP contribution in [0.2, 0.25) is 0 Å². The van der Waals surface area contributed by atoms with E-state index < -0.39 is 0 Å². The summed E-state index contributed by atoms with van der Waals surface area (Å²) >= 11 is 0. The SMILES string of the molecule is C1=CC(C2=C(n3c4ccccc4c4cc(-c5ccccc5)ccc43)C(c3ccccc3)CC=C2)=CCC1. The van der Waals surface area contributed by atoms with E-state index in [4.69, 9.17) is 0 Å². The Morgan fingerprint density at radius 1 is 0.595 bits per heavy atom. The van der Waals surface area contributed by atoms with Gasteiger partial charge in [0.05, 0.1) is 11.0 Å². The largest absolute Gasteiger partial charge is 0.312 e. The van der Waals surface area contributed by atoms with Crippen LogP contribution in [0, 0.1) is 0 Å². The van der Waals surface area contributed by atoms with Gasteiger partial charge >= 0.3 is 0 Å². The van der Waals surface area contributed by atoms with Gasteiger partial charge < -0.3 is 4.57 Å². The van der Waals surface area contributed by atoms with E-state index in [0.29, 0.717) is 0 Å². The number of hydrogen-bond donors (Lipinski definition) is 0. The van der Waals surface area contributed by atoms with Crippen molar-refractivity contribution < 1.29 is 0 Å².